The number of aliphatic hydroxyl groups excluding tert-OH is 1. The van der Waals surface area contributed by atoms with Gasteiger partial charge in [-0.3, -0.25) is 14.9 Å². The van der Waals surface area contributed by atoms with E-state index in [4.69, 9.17) is 14.6 Å². The summed E-state index contributed by atoms with van der Waals surface area (Å²) in [5, 5.41) is 26.6. The molecular formula is C24H23N3O6. The molecule has 0 saturated carbocycles. The summed E-state index contributed by atoms with van der Waals surface area (Å²) in [6, 6.07) is 13.6. The molecule has 1 amide bonds. The number of amides is 1. The first-order valence-corrected chi connectivity index (χ1v) is 10.3. The number of anilines is 3. The molecule has 1 heterocycles. The number of aliphatic hydroxyl groups is 1. The van der Waals surface area contributed by atoms with Crippen LogP contribution in [0, 0.1) is 10.1 Å². The van der Waals surface area contributed by atoms with Crippen LogP contribution in [0.25, 0.3) is 11.1 Å². The number of nitrogens with one attached hydrogen (secondary N) is 2. The standard InChI is InChI=1S/C24H23N3O6/c1-32-22-13-20-19(11-16(22)4-3-9-28)26-24(29)17-7-5-14(10-18(17)25-20)15-6-8-21(27(30)31)23(12-15)33-2/h5-8,10-13,25,28H,3-4,9H2,1-2H3,(H,26,29). The van der Waals surface area contributed by atoms with Crippen molar-refractivity contribution in [1.29, 1.82) is 0 Å². The van der Waals surface area contributed by atoms with E-state index in [1.165, 1.54) is 13.2 Å². The van der Waals surface area contributed by atoms with E-state index < -0.39 is 4.92 Å². The van der Waals surface area contributed by atoms with Gasteiger partial charge in [-0.15, -0.1) is 0 Å². The molecule has 0 fully saturated rings. The largest absolute Gasteiger partial charge is 0.496 e. The van der Waals surface area contributed by atoms with E-state index in [9.17, 15) is 14.9 Å². The number of methoxy groups -OCH3 is 2. The third kappa shape index (κ3) is 4.31. The number of nitro benzene ring substituents is 1. The number of fused-ring (bicyclic) bond motifs is 2. The second-order valence-corrected chi connectivity index (χ2v) is 7.52. The molecule has 0 aromatic heterocycles. The Morgan fingerprint density at radius 3 is 2.30 bits per heavy atom. The summed E-state index contributed by atoms with van der Waals surface area (Å²) < 4.78 is 10.7. The van der Waals surface area contributed by atoms with Gasteiger partial charge in [-0.25, -0.2) is 0 Å². The smallest absolute Gasteiger partial charge is 0.310 e. The lowest BCUT2D eigenvalue weighted by atomic mass is 10.0. The highest BCUT2D eigenvalue weighted by Crippen LogP contribution is 2.39. The molecule has 0 atom stereocenters. The fourth-order valence-corrected chi connectivity index (χ4v) is 3.85. The third-order valence-corrected chi connectivity index (χ3v) is 5.52. The molecule has 0 spiro atoms. The van der Waals surface area contributed by atoms with E-state index in [1.54, 1.807) is 31.4 Å². The minimum atomic E-state index is -0.495. The van der Waals surface area contributed by atoms with Gasteiger partial charge >= 0.3 is 5.69 Å². The Bertz CT molecular complexity index is 1240. The van der Waals surface area contributed by atoms with Gasteiger partial charge in [-0.1, -0.05) is 6.07 Å². The number of rotatable bonds is 7. The number of carbonyl (C=O) groups is 1. The quantitative estimate of drug-likeness (QED) is 0.358. The summed E-state index contributed by atoms with van der Waals surface area (Å²) in [6.07, 6.45) is 1.20. The molecule has 0 aliphatic carbocycles. The average molecular weight is 449 g/mol. The molecule has 9 heteroatoms. The highest BCUT2D eigenvalue weighted by atomic mass is 16.6. The molecule has 0 radical (unpaired) electrons. The molecule has 3 aromatic rings. The zero-order chi connectivity index (χ0) is 23.5. The molecule has 9 nitrogen and oxygen atoms in total. The number of nitro groups is 1. The predicted octanol–water partition coefficient (Wildman–Crippen LogP) is 4.51. The monoisotopic (exact) mass is 449 g/mol. The molecule has 3 N–H and O–H groups in total. The number of carbonyl (C=O) groups excluding carboxylic acids is 1. The summed E-state index contributed by atoms with van der Waals surface area (Å²) >= 11 is 0. The molecule has 1 aliphatic heterocycles. The number of hydrogen-bond acceptors (Lipinski definition) is 7. The van der Waals surface area contributed by atoms with Crippen molar-refractivity contribution in [1.82, 2.24) is 0 Å². The molecular weight excluding hydrogens is 426 g/mol. The Morgan fingerprint density at radius 1 is 0.909 bits per heavy atom. The van der Waals surface area contributed by atoms with Crippen molar-refractivity contribution in [2.45, 2.75) is 12.8 Å². The maximum Gasteiger partial charge on any atom is 0.310 e. The number of ether oxygens (including phenoxy) is 2. The van der Waals surface area contributed by atoms with E-state index in [0.717, 1.165) is 11.1 Å². The summed E-state index contributed by atoms with van der Waals surface area (Å²) in [5.41, 5.74) is 4.57. The zero-order valence-electron chi connectivity index (χ0n) is 18.2. The van der Waals surface area contributed by atoms with Crippen LogP contribution in [0.15, 0.2) is 48.5 Å². The lowest BCUT2D eigenvalue weighted by Crippen LogP contribution is -2.11. The lowest BCUT2D eigenvalue weighted by Gasteiger charge is -2.15. The van der Waals surface area contributed by atoms with Crippen LogP contribution in [0.4, 0.5) is 22.7 Å². The average Bonchev–Trinajstić information content (AvgIpc) is 2.96. The van der Waals surface area contributed by atoms with E-state index in [0.29, 0.717) is 46.8 Å². The van der Waals surface area contributed by atoms with Crippen LogP contribution in [0.1, 0.15) is 22.3 Å². The molecule has 4 rings (SSSR count). The number of benzene rings is 3. The Morgan fingerprint density at radius 2 is 1.61 bits per heavy atom. The number of nitrogens with zero attached hydrogens (tertiary/aromatic N) is 1. The summed E-state index contributed by atoms with van der Waals surface area (Å²) in [4.78, 5) is 23.6. The van der Waals surface area contributed by atoms with Gasteiger partial charge in [0.25, 0.3) is 5.91 Å². The van der Waals surface area contributed by atoms with Crippen molar-refractivity contribution in [3.05, 3.63) is 69.8 Å². The minimum Gasteiger partial charge on any atom is -0.496 e. The molecule has 170 valence electrons. The van der Waals surface area contributed by atoms with Gasteiger partial charge in [-0.05, 0) is 59.9 Å². The van der Waals surface area contributed by atoms with Gasteiger partial charge in [0, 0.05) is 18.7 Å². The highest BCUT2D eigenvalue weighted by Gasteiger charge is 2.22. The first-order valence-electron chi connectivity index (χ1n) is 10.3. The van der Waals surface area contributed by atoms with Gasteiger partial charge in [0.05, 0.1) is 41.8 Å². The second-order valence-electron chi connectivity index (χ2n) is 7.52. The van der Waals surface area contributed by atoms with Gasteiger partial charge in [0.15, 0.2) is 5.75 Å². The predicted molar refractivity (Wildman–Crippen MR) is 125 cm³/mol. The van der Waals surface area contributed by atoms with Gasteiger partial charge in [0.2, 0.25) is 0 Å². The van der Waals surface area contributed by atoms with Crippen LogP contribution in [-0.4, -0.2) is 36.8 Å². The maximum absolute atomic E-state index is 12.9. The fourth-order valence-electron chi connectivity index (χ4n) is 3.85. The molecule has 0 saturated heterocycles. The van der Waals surface area contributed by atoms with Crippen molar-refractivity contribution >= 4 is 28.7 Å². The van der Waals surface area contributed by atoms with E-state index in [1.807, 2.05) is 18.2 Å². The summed E-state index contributed by atoms with van der Waals surface area (Å²) in [6.45, 7) is 0.0620. The molecule has 0 bridgehead atoms. The van der Waals surface area contributed by atoms with Gasteiger partial charge < -0.3 is 25.2 Å². The summed E-state index contributed by atoms with van der Waals surface area (Å²) in [5.74, 6) is 0.551. The van der Waals surface area contributed by atoms with Crippen molar-refractivity contribution in [2.24, 2.45) is 0 Å². The van der Waals surface area contributed by atoms with Crippen molar-refractivity contribution in [3.8, 4) is 22.6 Å². The minimum absolute atomic E-state index is 0.0620. The van der Waals surface area contributed by atoms with E-state index in [2.05, 4.69) is 10.6 Å². The van der Waals surface area contributed by atoms with Gasteiger partial charge in [0.1, 0.15) is 5.75 Å². The highest BCUT2D eigenvalue weighted by molar-refractivity contribution is 6.12. The van der Waals surface area contributed by atoms with Crippen LogP contribution >= 0.6 is 0 Å². The molecule has 3 aromatic carbocycles. The first kappa shape index (κ1) is 22.1. The SMILES string of the molecule is COc1cc2c(cc1CCCO)NC(=O)c1ccc(-c3ccc([N+](=O)[O-])c(OC)c3)cc1N2. The topological polar surface area (TPSA) is 123 Å². The number of aryl methyl sites for hydroxylation is 1. The fraction of sp³-hybridized carbons (Fsp3) is 0.208. The third-order valence-electron chi connectivity index (χ3n) is 5.52. The van der Waals surface area contributed by atoms with Crippen molar-refractivity contribution in [3.63, 3.8) is 0 Å². The Kier molecular flexibility index (Phi) is 6.14. The van der Waals surface area contributed by atoms with Crippen LogP contribution in [0.3, 0.4) is 0 Å². The van der Waals surface area contributed by atoms with Crippen molar-refractivity contribution < 1.29 is 24.3 Å². The Labute approximate surface area is 190 Å². The first-order chi connectivity index (χ1) is 15.9. The molecule has 33 heavy (non-hydrogen) atoms. The van der Waals surface area contributed by atoms with Crippen LogP contribution in [0.5, 0.6) is 11.5 Å². The van der Waals surface area contributed by atoms with Crippen LogP contribution in [0.2, 0.25) is 0 Å². The van der Waals surface area contributed by atoms with Crippen LogP contribution < -0.4 is 20.1 Å². The molecule has 0 unspecified atom stereocenters. The lowest BCUT2D eigenvalue weighted by molar-refractivity contribution is -0.385. The Hall–Kier alpha value is -4.11. The second kappa shape index (κ2) is 9.17. The normalized spacial score (nSPS) is 12.0. The number of hydrogen-bond donors (Lipinski definition) is 3. The van der Waals surface area contributed by atoms with E-state index >= 15 is 0 Å². The van der Waals surface area contributed by atoms with Gasteiger partial charge in [-0.2, -0.15) is 0 Å². The zero-order valence-corrected chi connectivity index (χ0v) is 18.2. The maximum atomic E-state index is 12.9. The molecule has 1 aliphatic rings. The Balaban J connectivity index is 1.75. The van der Waals surface area contributed by atoms with Crippen LogP contribution in [-0.2, 0) is 6.42 Å². The van der Waals surface area contributed by atoms with E-state index in [-0.39, 0.29) is 24.0 Å². The summed E-state index contributed by atoms with van der Waals surface area (Å²) in [7, 11) is 2.96. The van der Waals surface area contributed by atoms with Crippen molar-refractivity contribution in [2.75, 3.05) is 31.5 Å².